The average Bonchev–Trinajstić information content (AvgIpc) is 2.13. The molecule has 0 fully saturated rings. The molecule has 1 rings (SSSR count). The topological polar surface area (TPSA) is 71.8 Å². The van der Waals surface area contributed by atoms with Crippen molar-refractivity contribution in [3.8, 4) is 0 Å². The van der Waals surface area contributed by atoms with Crippen LogP contribution < -0.4 is 10.2 Å². The van der Waals surface area contributed by atoms with E-state index in [-0.39, 0.29) is 0 Å². The van der Waals surface area contributed by atoms with Gasteiger partial charge < -0.3 is 0 Å². The van der Waals surface area contributed by atoms with Gasteiger partial charge >= 0.3 is 59.8 Å². The van der Waals surface area contributed by atoms with Crippen molar-refractivity contribution in [1.29, 1.82) is 0 Å². The molecule has 4 nitrogen and oxygen atoms in total. The molecule has 0 saturated heterocycles. The summed E-state index contributed by atoms with van der Waals surface area (Å²) in [7, 11) is 0. The third-order valence-corrected chi connectivity index (χ3v) is 1.83. The molecule has 5 heteroatoms. The Balaban J connectivity index is 3.08. The van der Waals surface area contributed by atoms with Crippen molar-refractivity contribution < 1.29 is 4.79 Å². The molecule has 48 valence electrons. The summed E-state index contributed by atoms with van der Waals surface area (Å²) < 4.78 is 0.773. The van der Waals surface area contributed by atoms with Crippen LogP contribution in [0.4, 0.5) is 0 Å². The van der Waals surface area contributed by atoms with Crippen molar-refractivity contribution in [3.05, 3.63) is 12.0 Å². The Hall–Kier alpha value is -0.762. The van der Waals surface area contributed by atoms with E-state index in [1.165, 1.54) is 23.2 Å². The summed E-state index contributed by atoms with van der Waals surface area (Å²) in [5.41, 5.74) is 5.29. The van der Waals surface area contributed by atoms with Crippen LogP contribution in [0.15, 0.2) is 6.33 Å². The minimum atomic E-state index is -0.476. The summed E-state index contributed by atoms with van der Waals surface area (Å²) in [6.45, 7) is 0. The third kappa shape index (κ3) is 1.13. The van der Waals surface area contributed by atoms with Crippen LogP contribution in [-0.4, -0.2) is 32.7 Å². The average molecular weight is 187 g/mol. The first-order valence-corrected chi connectivity index (χ1v) is 3.51. The van der Waals surface area contributed by atoms with E-state index in [2.05, 4.69) is 9.97 Å². The van der Waals surface area contributed by atoms with Gasteiger partial charge in [-0.3, -0.25) is 0 Å². The summed E-state index contributed by atoms with van der Waals surface area (Å²) in [5, 5.41) is 0. The molecule has 3 N–H and O–H groups in total. The summed E-state index contributed by atoms with van der Waals surface area (Å²) in [5.74, 6) is -0.476. The molecule has 0 aromatic carbocycles. The number of hydrogen-bond donors (Lipinski definition) is 2. The number of rotatable bonds is 1. The van der Waals surface area contributed by atoms with Gasteiger partial charge in [-0.15, -0.1) is 0 Å². The fourth-order valence-corrected chi connectivity index (χ4v) is 1.11. The van der Waals surface area contributed by atoms with Crippen LogP contribution in [0.5, 0.6) is 0 Å². The molecule has 1 aromatic heterocycles. The number of nitrogens with two attached hydrogens (primary N) is 1. The van der Waals surface area contributed by atoms with Gasteiger partial charge in [-0.1, -0.05) is 0 Å². The van der Waals surface area contributed by atoms with Crippen molar-refractivity contribution in [3.63, 3.8) is 0 Å². The molecule has 1 atom stereocenters. The molecule has 0 spiro atoms. The number of hydrogen-bond acceptors (Lipinski definition) is 2. The van der Waals surface area contributed by atoms with Gasteiger partial charge in [0, 0.05) is 0 Å². The van der Waals surface area contributed by atoms with Crippen LogP contribution in [0.3, 0.4) is 0 Å². The predicted octanol–water partition coefficient (Wildman–Crippen LogP) is -2.23. The Morgan fingerprint density at radius 3 is 2.78 bits per heavy atom. The second kappa shape index (κ2) is 2.23. The number of imidazole rings is 1. The molecule has 0 bridgehead atoms. The Labute approximate surface area is 60.3 Å². The number of H-pyrrole nitrogens is 1. The third-order valence-electron chi connectivity index (χ3n) is 0.902. The number of aromatic nitrogens is 2. The maximum absolute atomic E-state index is 10.4. The molecule has 0 aliphatic heterocycles. The van der Waals surface area contributed by atoms with Gasteiger partial charge in [-0.2, -0.15) is 0 Å². The van der Waals surface area contributed by atoms with Gasteiger partial charge in [0.2, 0.25) is 0 Å². The van der Waals surface area contributed by atoms with E-state index in [1.807, 2.05) is 0 Å². The van der Waals surface area contributed by atoms with E-state index < -0.39 is 5.91 Å². The van der Waals surface area contributed by atoms with Gasteiger partial charge in [0.05, 0.1) is 0 Å². The molecule has 1 heterocycles. The first kappa shape index (κ1) is 6.36. The van der Waals surface area contributed by atoms with E-state index in [0.717, 1.165) is 4.48 Å². The van der Waals surface area contributed by atoms with E-state index in [4.69, 9.17) is 5.73 Å². The number of primary amides is 1. The molecular weight excluding hydrogens is 181 g/mol. The molecule has 9 heavy (non-hydrogen) atoms. The molecule has 0 aliphatic rings. The predicted molar refractivity (Wildman–Crippen MR) is 35.3 cm³/mol. The Morgan fingerprint density at radius 2 is 2.56 bits per heavy atom. The van der Waals surface area contributed by atoms with Crippen molar-refractivity contribution >= 4 is 27.2 Å². The fraction of sp³-hybridized carbons (Fsp3) is 0. The summed E-state index contributed by atoms with van der Waals surface area (Å²) in [4.78, 5) is 16.9. The molecule has 1 amide bonds. The van der Waals surface area contributed by atoms with E-state index in [1.54, 1.807) is 0 Å². The summed E-state index contributed by atoms with van der Waals surface area (Å²) in [6.07, 6.45) is 1.46. The Morgan fingerprint density at radius 1 is 1.89 bits per heavy atom. The van der Waals surface area contributed by atoms with Crippen molar-refractivity contribution in [2.24, 2.45) is 5.73 Å². The van der Waals surface area contributed by atoms with Crippen molar-refractivity contribution in [2.75, 3.05) is 0 Å². The quantitative estimate of drug-likeness (QED) is 0.488. The Bertz CT molecular complexity index is 231. The zero-order chi connectivity index (χ0) is 6.85. The number of amides is 1. The van der Waals surface area contributed by atoms with Crippen LogP contribution in [0, 0.1) is 0 Å². The van der Waals surface area contributed by atoms with E-state index in [9.17, 15) is 4.79 Å². The van der Waals surface area contributed by atoms with E-state index >= 15 is 0 Å². The second-order valence-electron chi connectivity index (χ2n) is 1.53. The zero-order valence-electron chi connectivity index (χ0n) is 4.59. The SMILES string of the molecule is NC(=O)c1nc[nH]c1[AsH2]. The van der Waals surface area contributed by atoms with E-state index in [0.29, 0.717) is 5.69 Å². The number of carbonyl (C=O) groups excluding carboxylic acids is 1. The van der Waals surface area contributed by atoms with Crippen LogP contribution in [0.1, 0.15) is 10.5 Å². The Kier molecular flexibility index (Phi) is 1.58. The number of carbonyl (C=O) groups is 1. The number of nitrogens with zero attached hydrogens (tertiary/aromatic N) is 1. The van der Waals surface area contributed by atoms with Gasteiger partial charge in [0.1, 0.15) is 0 Å². The van der Waals surface area contributed by atoms with Crippen molar-refractivity contribution in [1.82, 2.24) is 9.97 Å². The van der Waals surface area contributed by atoms with Crippen molar-refractivity contribution in [2.45, 2.75) is 0 Å². The second-order valence-corrected chi connectivity index (χ2v) is 2.74. The molecule has 1 aromatic rings. The molecule has 0 aliphatic carbocycles. The molecular formula is C4H6AsN3O. The molecule has 0 radical (unpaired) electrons. The van der Waals surface area contributed by atoms with Crippen LogP contribution >= 0.6 is 0 Å². The first-order valence-electron chi connectivity index (χ1n) is 2.30. The van der Waals surface area contributed by atoms with Gasteiger partial charge in [-0.05, 0) is 0 Å². The fourth-order valence-electron chi connectivity index (χ4n) is 0.501. The van der Waals surface area contributed by atoms with Crippen LogP contribution in [-0.2, 0) is 0 Å². The summed E-state index contributed by atoms with van der Waals surface area (Å²) in [6, 6.07) is 0. The number of nitrogens with one attached hydrogen (secondary N) is 1. The van der Waals surface area contributed by atoms with Crippen LogP contribution in [0.2, 0.25) is 0 Å². The minimum absolute atomic E-state index is 0.343. The number of aromatic amines is 1. The van der Waals surface area contributed by atoms with Gasteiger partial charge in [-0.25, -0.2) is 0 Å². The zero-order valence-corrected chi connectivity index (χ0v) is 7.01. The van der Waals surface area contributed by atoms with Crippen LogP contribution in [0.25, 0.3) is 0 Å². The summed E-state index contributed by atoms with van der Waals surface area (Å²) >= 11 is 1.31. The standard InChI is InChI=1S/C4H6AsN3O/c5-3-2(4(6)9)7-1-8-3/h1H,5H2,(H2,6,9)(H,7,8). The first-order chi connectivity index (χ1) is 4.22. The van der Waals surface area contributed by atoms with Gasteiger partial charge in [0.25, 0.3) is 0 Å². The monoisotopic (exact) mass is 187 g/mol. The van der Waals surface area contributed by atoms with Gasteiger partial charge in [0.15, 0.2) is 0 Å². The normalized spacial score (nSPS) is 9.44. The maximum atomic E-state index is 10.4. The molecule has 0 saturated carbocycles. The molecule has 1 unspecified atom stereocenters.